The van der Waals surface area contributed by atoms with E-state index in [2.05, 4.69) is 15.2 Å². The second-order valence-electron chi connectivity index (χ2n) is 8.76. The van der Waals surface area contributed by atoms with Crippen LogP contribution in [-0.4, -0.2) is 38.4 Å². The summed E-state index contributed by atoms with van der Waals surface area (Å²) in [6, 6.07) is 10.4. The lowest BCUT2D eigenvalue weighted by molar-refractivity contribution is -0.394. The number of nitro benzene ring substituents is 2. The van der Waals surface area contributed by atoms with E-state index in [1.54, 1.807) is 17.7 Å². The van der Waals surface area contributed by atoms with E-state index >= 15 is 0 Å². The molecule has 0 unspecified atom stereocenters. The number of nitrogens with zero attached hydrogens (tertiary/aromatic N) is 4. The van der Waals surface area contributed by atoms with Crippen LogP contribution in [0.2, 0.25) is 0 Å². The van der Waals surface area contributed by atoms with E-state index in [4.69, 9.17) is 0 Å². The first kappa shape index (κ1) is 25.3. The van der Waals surface area contributed by atoms with Crippen LogP contribution < -0.4 is 21.5 Å². The minimum absolute atomic E-state index is 0.00253. The third-order valence-electron chi connectivity index (χ3n) is 6.39. The van der Waals surface area contributed by atoms with Gasteiger partial charge in [0.25, 0.3) is 22.8 Å². The Bertz CT molecular complexity index is 1470. The first-order valence-corrected chi connectivity index (χ1v) is 11.5. The second-order valence-corrected chi connectivity index (χ2v) is 8.76. The number of rotatable bonds is 7. The van der Waals surface area contributed by atoms with Crippen molar-refractivity contribution in [2.45, 2.75) is 32.4 Å². The van der Waals surface area contributed by atoms with E-state index in [9.17, 15) is 34.6 Å². The zero-order valence-electron chi connectivity index (χ0n) is 19.9. The highest BCUT2D eigenvalue weighted by Crippen LogP contribution is 2.27. The summed E-state index contributed by atoms with van der Waals surface area (Å²) in [5.74, 6) is -0.708. The number of benzene rings is 2. The number of nitro groups is 2. The van der Waals surface area contributed by atoms with Crippen molar-refractivity contribution < 1.29 is 14.6 Å². The Labute approximate surface area is 209 Å². The highest BCUT2D eigenvalue weighted by molar-refractivity contribution is 5.98. The van der Waals surface area contributed by atoms with Crippen molar-refractivity contribution in [2.75, 3.05) is 18.0 Å². The summed E-state index contributed by atoms with van der Waals surface area (Å²) in [7, 11) is 0. The monoisotopic (exact) mass is 508 g/mol. The van der Waals surface area contributed by atoms with Gasteiger partial charge in [-0.15, -0.1) is 0 Å². The summed E-state index contributed by atoms with van der Waals surface area (Å²) in [4.78, 5) is 61.4. The fourth-order valence-electron chi connectivity index (χ4n) is 4.34. The maximum Gasteiger partial charge on any atom is 0.328 e. The average Bonchev–Trinajstić information content (AvgIpc) is 2.89. The summed E-state index contributed by atoms with van der Waals surface area (Å²) >= 11 is 0. The number of amides is 1. The number of nitrogens with one attached hydrogen (secondary N) is 2. The Morgan fingerprint density at radius 3 is 2.35 bits per heavy atom. The third kappa shape index (κ3) is 5.55. The van der Waals surface area contributed by atoms with E-state index < -0.39 is 32.8 Å². The van der Waals surface area contributed by atoms with Gasteiger partial charge in [-0.05, 0) is 43.5 Å². The van der Waals surface area contributed by atoms with Crippen molar-refractivity contribution in [3.63, 3.8) is 0 Å². The SMILES string of the molecule is Cc1cn(C2CCN(c3ccc(CNC(=O)c4ccc([N+](=O)[O-])cc4[N+](=O)[O-])cc3)CC2)c(=O)[nH]c1=O. The number of aryl methyl sites for hydroxylation is 1. The number of aromatic amines is 1. The number of anilines is 1. The molecule has 0 radical (unpaired) electrons. The Kier molecular flexibility index (Phi) is 7.13. The van der Waals surface area contributed by atoms with E-state index in [-0.39, 0.29) is 23.7 Å². The number of piperidine rings is 1. The second kappa shape index (κ2) is 10.4. The lowest BCUT2D eigenvalue weighted by Gasteiger charge is -2.34. The number of H-pyrrole nitrogens is 1. The third-order valence-corrected chi connectivity index (χ3v) is 6.39. The topological polar surface area (TPSA) is 173 Å². The fourth-order valence-corrected chi connectivity index (χ4v) is 4.34. The molecule has 37 heavy (non-hydrogen) atoms. The molecule has 0 aliphatic carbocycles. The number of aromatic nitrogens is 2. The number of carbonyl (C=O) groups excluding carboxylic acids is 1. The molecule has 13 heteroatoms. The molecule has 1 amide bonds. The van der Waals surface area contributed by atoms with Crippen LogP contribution in [0.1, 0.15) is 40.4 Å². The molecule has 1 fully saturated rings. The number of hydrogen-bond donors (Lipinski definition) is 2. The van der Waals surface area contributed by atoms with Crippen LogP contribution in [0.15, 0.2) is 58.3 Å². The van der Waals surface area contributed by atoms with Crippen molar-refractivity contribution in [1.29, 1.82) is 0 Å². The molecule has 13 nitrogen and oxygen atoms in total. The van der Waals surface area contributed by atoms with Crippen molar-refractivity contribution in [2.24, 2.45) is 0 Å². The lowest BCUT2D eigenvalue weighted by atomic mass is 10.0. The number of carbonyl (C=O) groups is 1. The predicted octanol–water partition coefficient (Wildman–Crippen LogP) is 2.43. The zero-order valence-corrected chi connectivity index (χ0v) is 19.9. The molecular weight excluding hydrogens is 484 g/mol. The molecule has 192 valence electrons. The Hall–Kier alpha value is -4.81. The van der Waals surface area contributed by atoms with Crippen LogP contribution in [0, 0.1) is 27.2 Å². The molecule has 2 aromatic carbocycles. The molecule has 3 aromatic rings. The van der Waals surface area contributed by atoms with Crippen LogP contribution in [0.25, 0.3) is 0 Å². The summed E-state index contributed by atoms with van der Waals surface area (Å²) in [6.07, 6.45) is 3.07. The molecule has 1 aliphatic heterocycles. The van der Waals surface area contributed by atoms with Gasteiger partial charge in [0.2, 0.25) is 0 Å². The molecule has 1 aromatic heterocycles. The van der Waals surface area contributed by atoms with Gasteiger partial charge in [-0.25, -0.2) is 4.79 Å². The minimum Gasteiger partial charge on any atom is -0.371 e. The van der Waals surface area contributed by atoms with Gasteiger partial charge in [-0.2, -0.15) is 0 Å². The largest absolute Gasteiger partial charge is 0.371 e. The molecule has 1 aliphatic rings. The van der Waals surface area contributed by atoms with Crippen LogP contribution in [0.5, 0.6) is 0 Å². The fraction of sp³-hybridized carbons (Fsp3) is 0.292. The summed E-state index contributed by atoms with van der Waals surface area (Å²) in [5.41, 5.74) is 0.102. The maximum absolute atomic E-state index is 12.5. The van der Waals surface area contributed by atoms with E-state index in [1.807, 2.05) is 24.3 Å². The highest BCUT2D eigenvalue weighted by Gasteiger charge is 2.24. The van der Waals surface area contributed by atoms with Gasteiger partial charge in [0.1, 0.15) is 5.56 Å². The molecule has 2 heterocycles. The molecule has 2 N–H and O–H groups in total. The average molecular weight is 508 g/mol. The number of hydrogen-bond acceptors (Lipinski definition) is 8. The zero-order chi connectivity index (χ0) is 26.7. The molecule has 1 saturated heterocycles. The highest BCUT2D eigenvalue weighted by atomic mass is 16.6. The van der Waals surface area contributed by atoms with E-state index in [0.717, 1.165) is 55.4 Å². The van der Waals surface area contributed by atoms with Gasteiger partial charge in [0, 0.05) is 49.2 Å². The summed E-state index contributed by atoms with van der Waals surface area (Å²) in [5, 5.41) is 24.8. The minimum atomic E-state index is -0.825. The lowest BCUT2D eigenvalue weighted by Crippen LogP contribution is -2.40. The Balaban J connectivity index is 1.36. The summed E-state index contributed by atoms with van der Waals surface area (Å²) in [6.45, 7) is 3.22. The van der Waals surface area contributed by atoms with Crippen molar-refractivity contribution in [1.82, 2.24) is 14.9 Å². The van der Waals surface area contributed by atoms with Gasteiger partial charge in [-0.3, -0.25) is 39.4 Å². The van der Waals surface area contributed by atoms with Gasteiger partial charge in [-0.1, -0.05) is 12.1 Å². The van der Waals surface area contributed by atoms with Crippen LogP contribution in [0.3, 0.4) is 0 Å². The standard InChI is InChI=1S/C24H24N6O7/c1-15-14-28(24(33)26-22(15)31)18-8-10-27(11-9-18)17-4-2-16(3-5-17)13-25-23(32)20-7-6-19(29(34)35)12-21(20)30(36)37/h2-7,12,14,18H,8-11,13H2,1H3,(H,25,32)(H,26,31,33). The molecule has 4 rings (SSSR count). The Morgan fingerprint density at radius 2 is 1.73 bits per heavy atom. The molecule has 0 atom stereocenters. The van der Waals surface area contributed by atoms with Crippen molar-refractivity contribution in [3.8, 4) is 0 Å². The molecule has 0 saturated carbocycles. The molecular formula is C24H24N6O7. The van der Waals surface area contributed by atoms with Gasteiger partial charge >= 0.3 is 5.69 Å². The van der Waals surface area contributed by atoms with Crippen molar-refractivity contribution >= 4 is 23.0 Å². The number of non-ortho nitro benzene ring substituents is 1. The normalized spacial score (nSPS) is 13.8. The smallest absolute Gasteiger partial charge is 0.328 e. The van der Waals surface area contributed by atoms with Crippen molar-refractivity contribution in [3.05, 3.63) is 106 Å². The summed E-state index contributed by atoms with van der Waals surface area (Å²) < 4.78 is 1.59. The maximum atomic E-state index is 12.5. The van der Waals surface area contributed by atoms with Gasteiger partial charge in [0.15, 0.2) is 0 Å². The van der Waals surface area contributed by atoms with Crippen LogP contribution in [0.4, 0.5) is 17.1 Å². The molecule has 0 spiro atoms. The quantitative estimate of drug-likeness (QED) is 0.361. The van der Waals surface area contributed by atoms with E-state index in [0.29, 0.717) is 5.56 Å². The Morgan fingerprint density at radius 1 is 1.05 bits per heavy atom. The first-order chi connectivity index (χ1) is 17.6. The predicted molar refractivity (Wildman–Crippen MR) is 134 cm³/mol. The van der Waals surface area contributed by atoms with Crippen LogP contribution >= 0.6 is 0 Å². The molecule has 0 bridgehead atoms. The first-order valence-electron chi connectivity index (χ1n) is 11.5. The van der Waals surface area contributed by atoms with E-state index in [1.165, 1.54) is 0 Å². The van der Waals surface area contributed by atoms with Gasteiger partial charge < -0.3 is 10.2 Å². The van der Waals surface area contributed by atoms with Gasteiger partial charge in [0.05, 0.1) is 15.9 Å². The van der Waals surface area contributed by atoms with Crippen LogP contribution in [-0.2, 0) is 6.54 Å².